The molecule has 228 valence electrons. The van der Waals surface area contributed by atoms with Crippen LogP contribution in [0.5, 0.6) is 0 Å². The molecule has 0 atom stereocenters. The largest absolute Gasteiger partial charge is 0.382 e. The van der Waals surface area contributed by atoms with E-state index in [1.54, 1.807) is 18.3 Å². The highest BCUT2D eigenvalue weighted by atomic mass is 19.3. The molecule has 4 rings (SSSR count). The molecular formula is C33H42F2N8. The summed E-state index contributed by atoms with van der Waals surface area (Å²) in [5.74, 6) is -2.17. The minimum atomic E-state index is -2.92. The molecule has 0 spiro atoms. The standard InChI is InChI=1S/C33H42F2N8/c1-6-18-42(19-17-22(4)36)28-15-13-26(14-16-28)40-32-38-21-23-20-29(43(31(23)41-32)27(7-2)8-3)30(37)39-25-11-9-24(10-12-25)33(5,34)35/h9-16,20-21,27,36H,6-8,17-19H2,1-5H3,(H2,37,39)(H,38,40,41). The molecule has 0 aliphatic rings. The molecule has 0 saturated carbocycles. The van der Waals surface area contributed by atoms with Crippen LogP contribution in [-0.4, -0.2) is 39.2 Å². The van der Waals surface area contributed by atoms with Gasteiger partial charge in [-0.3, -0.25) is 0 Å². The maximum absolute atomic E-state index is 13.7. The first-order chi connectivity index (χ1) is 20.5. The van der Waals surface area contributed by atoms with Crippen molar-refractivity contribution in [3.63, 3.8) is 0 Å². The van der Waals surface area contributed by atoms with E-state index in [0.29, 0.717) is 23.0 Å². The van der Waals surface area contributed by atoms with Crippen LogP contribution in [0.15, 0.2) is 65.8 Å². The van der Waals surface area contributed by atoms with Crippen LogP contribution in [0.2, 0.25) is 0 Å². The van der Waals surface area contributed by atoms with Crippen LogP contribution in [0, 0.1) is 5.41 Å². The van der Waals surface area contributed by atoms with E-state index in [-0.39, 0.29) is 17.4 Å². The second kappa shape index (κ2) is 13.8. The van der Waals surface area contributed by atoms with E-state index in [0.717, 1.165) is 68.1 Å². The molecule has 0 unspecified atom stereocenters. The Kier molecular flexibility index (Phi) is 10.1. The lowest BCUT2D eigenvalue weighted by atomic mass is 10.1. The van der Waals surface area contributed by atoms with Crippen molar-refractivity contribution in [2.75, 3.05) is 23.3 Å². The average molecular weight is 589 g/mol. The van der Waals surface area contributed by atoms with Gasteiger partial charge in [0.25, 0.3) is 5.92 Å². The summed E-state index contributed by atoms with van der Waals surface area (Å²) >= 11 is 0. The number of nitrogens with zero attached hydrogens (tertiary/aromatic N) is 5. The minimum Gasteiger partial charge on any atom is -0.382 e. The molecule has 0 bridgehead atoms. The number of benzene rings is 2. The highest BCUT2D eigenvalue weighted by molar-refractivity contribution is 6.01. The summed E-state index contributed by atoms with van der Waals surface area (Å²) in [5, 5.41) is 11.9. The molecule has 0 aliphatic heterocycles. The van der Waals surface area contributed by atoms with E-state index >= 15 is 0 Å². The number of hydrogen-bond donors (Lipinski definition) is 3. The predicted molar refractivity (Wildman–Crippen MR) is 174 cm³/mol. The highest BCUT2D eigenvalue weighted by Crippen LogP contribution is 2.30. The second-order valence-electron chi connectivity index (χ2n) is 11.0. The quantitative estimate of drug-likeness (QED) is 0.101. The second-order valence-corrected chi connectivity index (χ2v) is 11.0. The van der Waals surface area contributed by atoms with Crippen LogP contribution in [0.4, 0.5) is 31.8 Å². The minimum absolute atomic E-state index is 0.0720. The number of hydrogen-bond acceptors (Lipinski definition) is 6. The number of halogens is 2. The SMILES string of the molecule is CCCN(CCC(C)=N)c1ccc(Nc2ncc3cc(C(N)=Nc4ccc(C(C)(F)F)cc4)n(C(CC)CC)c3n2)cc1. The Morgan fingerprint density at radius 3 is 2.33 bits per heavy atom. The zero-order valence-corrected chi connectivity index (χ0v) is 25.7. The highest BCUT2D eigenvalue weighted by Gasteiger charge is 2.24. The fourth-order valence-electron chi connectivity index (χ4n) is 5.14. The topological polar surface area (TPSA) is 108 Å². The number of anilines is 3. The molecule has 0 fully saturated rings. The monoisotopic (exact) mass is 588 g/mol. The van der Waals surface area contributed by atoms with Crippen molar-refractivity contribution in [3.8, 4) is 0 Å². The predicted octanol–water partition coefficient (Wildman–Crippen LogP) is 8.33. The molecular weight excluding hydrogens is 546 g/mol. The Balaban J connectivity index is 1.64. The van der Waals surface area contributed by atoms with Gasteiger partial charge in [-0.05, 0) is 68.7 Å². The molecule has 43 heavy (non-hydrogen) atoms. The van der Waals surface area contributed by atoms with Crippen molar-refractivity contribution in [1.82, 2.24) is 14.5 Å². The van der Waals surface area contributed by atoms with Crippen LogP contribution in [0.25, 0.3) is 11.0 Å². The van der Waals surface area contributed by atoms with Gasteiger partial charge in [-0.25, -0.2) is 18.8 Å². The van der Waals surface area contributed by atoms with Crippen LogP contribution < -0.4 is 16.0 Å². The van der Waals surface area contributed by atoms with Crippen molar-refractivity contribution in [2.45, 2.75) is 72.3 Å². The Morgan fingerprint density at radius 2 is 1.74 bits per heavy atom. The summed E-state index contributed by atoms with van der Waals surface area (Å²) in [6.45, 7) is 10.9. The van der Waals surface area contributed by atoms with Crippen LogP contribution in [0.1, 0.15) is 77.6 Å². The number of aliphatic imine (C=N–C) groups is 1. The molecule has 2 heterocycles. The lowest BCUT2D eigenvalue weighted by Crippen LogP contribution is -2.26. The van der Waals surface area contributed by atoms with Crippen molar-refractivity contribution < 1.29 is 8.78 Å². The van der Waals surface area contributed by atoms with E-state index in [4.69, 9.17) is 16.1 Å². The summed E-state index contributed by atoms with van der Waals surface area (Å²) in [6.07, 6.45) is 5.27. The molecule has 0 saturated heterocycles. The molecule has 4 aromatic rings. The lowest BCUT2D eigenvalue weighted by molar-refractivity contribution is 0.0175. The molecule has 0 radical (unpaired) electrons. The van der Waals surface area contributed by atoms with Gasteiger partial charge in [0.15, 0.2) is 0 Å². The summed E-state index contributed by atoms with van der Waals surface area (Å²) in [4.78, 5) is 16.3. The van der Waals surface area contributed by atoms with Gasteiger partial charge in [0.1, 0.15) is 11.5 Å². The first kappa shape index (κ1) is 31.6. The van der Waals surface area contributed by atoms with Crippen LogP contribution >= 0.6 is 0 Å². The van der Waals surface area contributed by atoms with E-state index in [2.05, 4.69) is 57.7 Å². The van der Waals surface area contributed by atoms with Crippen LogP contribution in [0.3, 0.4) is 0 Å². The summed E-state index contributed by atoms with van der Waals surface area (Å²) in [5.41, 5.74) is 11.1. The Labute approximate surface area is 252 Å². The first-order valence-corrected chi connectivity index (χ1v) is 14.9. The third kappa shape index (κ3) is 7.74. The van der Waals surface area contributed by atoms with E-state index in [1.165, 1.54) is 12.1 Å². The number of rotatable bonds is 14. The van der Waals surface area contributed by atoms with Crippen molar-refractivity contribution >= 4 is 45.6 Å². The number of fused-ring (bicyclic) bond motifs is 1. The first-order valence-electron chi connectivity index (χ1n) is 14.9. The normalized spacial score (nSPS) is 12.2. The fraction of sp³-hybridized carbons (Fsp3) is 0.394. The van der Waals surface area contributed by atoms with Crippen molar-refractivity contribution in [3.05, 3.63) is 72.1 Å². The summed E-state index contributed by atoms with van der Waals surface area (Å²) in [6, 6.07) is 16.1. The van der Waals surface area contributed by atoms with Gasteiger partial charge < -0.3 is 25.9 Å². The number of aromatic nitrogens is 3. The van der Waals surface area contributed by atoms with Crippen molar-refractivity contribution in [2.24, 2.45) is 10.7 Å². The van der Waals surface area contributed by atoms with Gasteiger partial charge in [-0.15, -0.1) is 0 Å². The maximum atomic E-state index is 13.7. The maximum Gasteiger partial charge on any atom is 0.270 e. The Hall–Kier alpha value is -4.34. The fourth-order valence-corrected chi connectivity index (χ4v) is 5.14. The van der Waals surface area contributed by atoms with E-state index < -0.39 is 5.92 Å². The van der Waals surface area contributed by atoms with Gasteiger partial charge in [-0.1, -0.05) is 32.9 Å². The zero-order valence-electron chi connectivity index (χ0n) is 25.7. The zero-order chi connectivity index (χ0) is 31.1. The molecule has 10 heteroatoms. The van der Waals surface area contributed by atoms with Crippen LogP contribution in [-0.2, 0) is 5.92 Å². The molecule has 8 nitrogen and oxygen atoms in total. The van der Waals surface area contributed by atoms with E-state index in [1.807, 2.05) is 25.1 Å². The van der Waals surface area contributed by atoms with Gasteiger partial charge in [-0.2, -0.15) is 4.98 Å². The van der Waals surface area contributed by atoms with Gasteiger partial charge in [0, 0.05) is 66.7 Å². The molecule has 0 aliphatic carbocycles. The molecule has 4 N–H and O–H groups in total. The van der Waals surface area contributed by atoms with Gasteiger partial charge in [0.2, 0.25) is 5.95 Å². The van der Waals surface area contributed by atoms with Gasteiger partial charge in [0.05, 0.1) is 11.4 Å². The Morgan fingerprint density at radius 1 is 1.07 bits per heavy atom. The third-order valence-corrected chi connectivity index (χ3v) is 7.51. The molecule has 2 aromatic carbocycles. The number of nitrogens with one attached hydrogen (secondary N) is 2. The van der Waals surface area contributed by atoms with E-state index in [9.17, 15) is 8.78 Å². The number of nitrogens with two attached hydrogens (primary N) is 1. The molecule has 2 aromatic heterocycles. The summed E-state index contributed by atoms with van der Waals surface area (Å²) in [7, 11) is 0. The van der Waals surface area contributed by atoms with Gasteiger partial charge >= 0.3 is 0 Å². The Bertz CT molecular complexity index is 1550. The average Bonchev–Trinajstić information content (AvgIpc) is 3.35. The third-order valence-electron chi connectivity index (χ3n) is 7.51. The lowest BCUT2D eigenvalue weighted by Gasteiger charge is -2.24. The summed E-state index contributed by atoms with van der Waals surface area (Å²) < 4.78 is 29.4. The number of amidine groups is 1. The van der Waals surface area contributed by atoms with Crippen molar-refractivity contribution in [1.29, 1.82) is 5.41 Å². The molecule has 0 amide bonds. The number of alkyl halides is 2. The smallest absolute Gasteiger partial charge is 0.270 e.